The third kappa shape index (κ3) is 5.14. The molecule has 0 saturated heterocycles. The summed E-state index contributed by atoms with van der Waals surface area (Å²) >= 11 is 0.986. The maximum atomic E-state index is 12.5. The standard InChI is InChI=1S/C17H20N4O4S2/c1-11-15(16(23)21(3)4)26-17(19-11)20-27(24,25)13-8-5-12(6-9-13)7-10-14(22)18-2/h5-10H,1-4H3,(H,18,22)(H,19,20)/b10-7+. The van der Waals surface area contributed by atoms with Crippen LogP contribution in [0.25, 0.3) is 6.08 Å². The molecule has 0 unspecified atom stereocenters. The number of thiazole rings is 1. The lowest BCUT2D eigenvalue weighted by molar-refractivity contribution is -0.115. The van der Waals surface area contributed by atoms with Gasteiger partial charge in [-0.15, -0.1) is 0 Å². The quantitative estimate of drug-likeness (QED) is 0.708. The third-order valence-corrected chi connectivity index (χ3v) is 6.03. The van der Waals surface area contributed by atoms with E-state index >= 15 is 0 Å². The van der Waals surface area contributed by atoms with Gasteiger partial charge >= 0.3 is 0 Å². The maximum Gasteiger partial charge on any atom is 0.265 e. The second-order valence-corrected chi connectivity index (χ2v) is 8.44. The van der Waals surface area contributed by atoms with Gasteiger partial charge in [-0.2, -0.15) is 0 Å². The summed E-state index contributed by atoms with van der Waals surface area (Å²) in [4.78, 5) is 29.2. The molecule has 1 aromatic carbocycles. The molecular formula is C17H20N4O4S2. The van der Waals surface area contributed by atoms with E-state index in [1.165, 1.54) is 30.2 Å². The second-order valence-electron chi connectivity index (χ2n) is 5.76. The number of nitrogens with one attached hydrogen (secondary N) is 2. The highest BCUT2D eigenvalue weighted by molar-refractivity contribution is 7.93. The van der Waals surface area contributed by atoms with E-state index in [2.05, 4.69) is 15.0 Å². The minimum absolute atomic E-state index is 0.0490. The molecule has 2 aromatic rings. The van der Waals surface area contributed by atoms with Crippen molar-refractivity contribution in [3.05, 3.63) is 46.5 Å². The molecule has 27 heavy (non-hydrogen) atoms. The zero-order chi connectivity index (χ0) is 20.2. The number of amides is 2. The van der Waals surface area contributed by atoms with Gasteiger partial charge < -0.3 is 10.2 Å². The van der Waals surface area contributed by atoms with Crippen molar-refractivity contribution in [2.45, 2.75) is 11.8 Å². The molecule has 10 heteroatoms. The zero-order valence-corrected chi connectivity index (χ0v) is 16.9. The highest BCUT2D eigenvalue weighted by Gasteiger charge is 2.21. The molecule has 0 saturated carbocycles. The zero-order valence-electron chi connectivity index (χ0n) is 15.3. The first-order valence-electron chi connectivity index (χ1n) is 7.86. The molecule has 2 N–H and O–H groups in total. The van der Waals surface area contributed by atoms with Crippen molar-refractivity contribution in [1.82, 2.24) is 15.2 Å². The number of hydrogen-bond donors (Lipinski definition) is 2. The molecule has 0 radical (unpaired) electrons. The van der Waals surface area contributed by atoms with E-state index in [9.17, 15) is 18.0 Å². The van der Waals surface area contributed by atoms with Gasteiger partial charge in [0, 0.05) is 27.2 Å². The third-order valence-electron chi connectivity index (χ3n) is 3.48. The molecular weight excluding hydrogens is 388 g/mol. The summed E-state index contributed by atoms with van der Waals surface area (Å²) in [6.07, 6.45) is 2.93. The van der Waals surface area contributed by atoms with Gasteiger partial charge in [-0.05, 0) is 30.7 Å². The predicted molar refractivity (Wildman–Crippen MR) is 105 cm³/mol. The molecule has 0 atom stereocenters. The van der Waals surface area contributed by atoms with Gasteiger partial charge in [0.05, 0.1) is 10.6 Å². The van der Waals surface area contributed by atoms with Crippen molar-refractivity contribution >= 4 is 44.4 Å². The molecule has 0 aliphatic carbocycles. The van der Waals surface area contributed by atoms with Crippen LogP contribution in [0.1, 0.15) is 20.9 Å². The predicted octanol–water partition coefficient (Wildman–Crippen LogP) is 1.71. The average molecular weight is 409 g/mol. The Hall–Kier alpha value is -2.72. The van der Waals surface area contributed by atoms with Gasteiger partial charge in [0.15, 0.2) is 5.13 Å². The fourth-order valence-corrected chi connectivity index (χ4v) is 4.25. The minimum Gasteiger partial charge on any atom is -0.356 e. The number of carbonyl (C=O) groups excluding carboxylic acids is 2. The van der Waals surface area contributed by atoms with E-state index < -0.39 is 10.0 Å². The molecule has 1 heterocycles. The van der Waals surface area contributed by atoms with E-state index in [4.69, 9.17) is 0 Å². The number of benzene rings is 1. The molecule has 144 valence electrons. The monoisotopic (exact) mass is 408 g/mol. The van der Waals surface area contributed by atoms with Crippen LogP contribution in [0, 0.1) is 6.92 Å². The van der Waals surface area contributed by atoms with Crippen LogP contribution in [0.3, 0.4) is 0 Å². The highest BCUT2D eigenvalue weighted by atomic mass is 32.2. The van der Waals surface area contributed by atoms with Crippen molar-refractivity contribution in [2.24, 2.45) is 0 Å². The number of likely N-dealkylation sites (N-methyl/N-ethyl adjacent to an activating group) is 1. The minimum atomic E-state index is -3.85. The molecule has 0 spiro atoms. The lowest BCUT2D eigenvalue weighted by Crippen LogP contribution is -2.21. The summed E-state index contributed by atoms with van der Waals surface area (Å²) in [5.74, 6) is -0.488. The first kappa shape index (κ1) is 20.6. The van der Waals surface area contributed by atoms with Gasteiger partial charge in [0.2, 0.25) is 5.91 Å². The van der Waals surface area contributed by atoms with E-state index in [0.717, 1.165) is 11.3 Å². The van der Waals surface area contributed by atoms with Crippen molar-refractivity contribution in [1.29, 1.82) is 0 Å². The maximum absolute atomic E-state index is 12.5. The van der Waals surface area contributed by atoms with E-state index in [0.29, 0.717) is 16.1 Å². The number of aryl methyl sites for hydroxylation is 1. The Labute approximate surface area is 162 Å². The Morgan fingerprint density at radius 2 is 1.81 bits per heavy atom. The van der Waals surface area contributed by atoms with Gasteiger partial charge in [0.25, 0.3) is 15.9 Å². The molecule has 0 aliphatic rings. The number of aromatic nitrogens is 1. The molecule has 8 nitrogen and oxygen atoms in total. The first-order valence-corrected chi connectivity index (χ1v) is 10.2. The van der Waals surface area contributed by atoms with Crippen molar-refractivity contribution in [3.63, 3.8) is 0 Å². The summed E-state index contributed by atoms with van der Waals surface area (Å²) in [6.45, 7) is 1.65. The van der Waals surface area contributed by atoms with E-state index in [1.54, 1.807) is 39.2 Å². The van der Waals surface area contributed by atoms with Crippen LogP contribution < -0.4 is 10.0 Å². The SMILES string of the molecule is CNC(=O)/C=C/c1ccc(S(=O)(=O)Nc2nc(C)c(C(=O)N(C)C)s2)cc1. The lowest BCUT2D eigenvalue weighted by atomic mass is 10.2. The fourth-order valence-electron chi connectivity index (χ4n) is 2.03. The smallest absolute Gasteiger partial charge is 0.265 e. The molecule has 0 aliphatic heterocycles. The normalized spacial score (nSPS) is 11.4. The summed E-state index contributed by atoms with van der Waals surface area (Å²) in [6, 6.07) is 6.03. The number of hydrogen-bond acceptors (Lipinski definition) is 6. The van der Waals surface area contributed by atoms with E-state index in [1.807, 2.05) is 0 Å². The Morgan fingerprint density at radius 1 is 1.19 bits per heavy atom. The fraction of sp³-hybridized carbons (Fsp3) is 0.235. The van der Waals surface area contributed by atoms with Crippen LogP contribution in [0.15, 0.2) is 35.2 Å². The van der Waals surface area contributed by atoms with Crippen molar-refractivity contribution in [2.75, 3.05) is 25.9 Å². The van der Waals surface area contributed by atoms with Gasteiger partial charge in [0.1, 0.15) is 4.88 Å². The Bertz CT molecular complexity index is 977. The van der Waals surface area contributed by atoms with Crippen LogP contribution in [0.5, 0.6) is 0 Å². The average Bonchev–Trinajstić information content (AvgIpc) is 2.98. The molecule has 0 fully saturated rings. The summed E-state index contributed by atoms with van der Waals surface area (Å²) in [5, 5.41) is 2.58. The van der Waals surface area contributed by atoms with Crippen LogP contribution in [-0.4, -0.2) is 51.3 Å². The largest absolute Gasteiger partial charge is 0.356 e. The molecule has 2 amide bonds. The van der Waals surface area contributed by atoms with Crippen molar-refractivity contribution < 1.29 is 18.0 Å². The Balaban J connectivity index is 2.20. The number of sulfonamides is 1. The number of rotatable bonds is 6. The summed E-state index contributed by atoms with van der Waals surface area (Å²) in [7, 11) is 0.907. The second kappa shape index (κ2) is 8.31. The molecule has 2 rings (SSSR count). The first-order chi connectivity index (χ1) is 12.6. The summed E-state index contributed by atoms with van der Waals surface area (Å²) < 4.78 is 27.5. The lowest BCUT2D eigenvalue weighted by Gasteiger charge is -2.08. The molecule has 0 bridgehead atoms. The number of nitrogens with zero attached hydrogens (tertiary/aromatic N) is 2. The highest BCUT2D eigenvalue weighted by Crippen LogP contribution is 2.26. The molecule has 1 aromatic heterocycles. The Morgan fingerprint density at radius 3 is 2.37 bits per heavy atom. The van der Waals surface area contributed by atoms with Crippen LogP contribution in [0.2, 0.25) is 0 Å². The van der Waals surface area contributed by atoms with Crippen LogP contribution >= 0.6 is 11.3 Å². The van der Waals surface area contributed by atoms with Gasteiger partial charge in [-0.3, -0.25) is 14.3 Å². The van der Waals surface area contributed by atoms with E-state index in [-0.39, 0.29) is 21.8 Å². The number of carbonyl (C=O) groups is 2. The van der Waals surface area contributed by atoms with Crippen molar-refractivity contribution in [3.8, 4) is 0 Å². The topological polar surface area (TPSA) is 108 Å². The number of anilines is 1. The van der Waals surface area contributed by atoms with Crippen LogP contribution in [-0.2, 0) is 14.8 Å². The Kier molecular flexibility index (Phi) is 6.34. The summed E-state index contributed by atoms with van der Waals surface area (Å²) in [5.41, 5.74) is 1.15. The van der Waals surface area contributed by atoms with Gasteiger partial charge in [-0.1, -0.05) is 23.5 Å². The van der Waals surface area contributed by atoms with Gasteiger partial charge in [-0.25, -0.2) is 13.4 Å². The van der Waals surface area contributed by atoms with Crippen LogP contribution in [0.4, 0.5) is 5.13 Å².